The lowest BCUT2D eigenvalue weighted by Gasteiger charge is -2.30. The monoisotopic (exact) mass is 252 g/mol. The summed E-state index contributed by atoms with van der Waals surface area (Å²) in [5, 5.41) is 13.6. The lowest BCUT2D eigenvalue weighted by atomic mass is 10.1. The maximum absolute atomic E-state index is 8.36. The molecule has 7 heteroatoms. The van der Waals surface area contributed by atoms with Crippen LogP contribution in [0.5, 0.6) is 0 Å². The van der Waals surface area contributed by atoms with E-state index in [1.54, 1.807) is 12.4 Å². The van der Waals surface area contributed by atoms with Crippen LogP contribution in [0.25, 0.3) is 0 Å². The van der Waals surface area contributed by atoms with Gasteiger partial charge in [0.25, 0.3) is 5.09 Å². The molecule has 0 unspecified atom stereocenters. The van der Waals surface area contributed by atoms with Gasteiger partial charge in [0.15, 0.2) is 0 Å². The predicted octanol–water partition coefficient (Wildman–Crippen LogP) is 1.20. The molecule has 2 heterocycles. The van der Waals surface area contributed by atoms with Gasteiger partial charge in [0, 0.05) is 25.0 Å². The summed E-state index contributed by atoms with van der Waals surface area (Å²) in [5.74, 6) is 1.07. The summed E-state index contributed by atoms with van der Waals surface area (Å²) in [6, 6.07) is 3.99. The van der Waals surface area contributed by atoms with Crippen molar-refractivity contribution >= 4 is 5.84 Å². The van der Waals surface area contributed by atoms with Crippen LogP contribution >= 0.6 is 0 Å². The Labute approximate surface area is 105 Å². The number of aliphatic imine (C=N–C) groups is 1. The van der Waals surface area contributed by atoms with Gasteiger partial charge in [-0.05, 0) is 26.0 Å². The van der Waals surface area contributed by atoms with Crippen LogP contribution in [-0.4, -0.2) is 45.1 Å². The SMILES string of the molecule is CN1C(c2ccncc2)=NCC1(C)C.O=[N+]([O-])O. The largest absolute Gasteiger partial charge is 0.352 e. The number of rotatable bonds is 1. The fraction of sp³-hybridized carbons (Fsp3) is 0.455. The fourth-order valence-corrected chi connectivity index (χ4v) is 1.55. The minimum atomic E-state index is -1.50. The van der Waals surface area contributed by atoms with Crippen LogP contribution in [0.4, 0.5) is 0 Å². The molecule has 18 heavy (non-hydrogen) atoms. The van der Waals surface area contributed by atoms with E-state index in [1.165, 1.54) is 0 Å². The molecule has 0 spiro atoms. The molecule has 98 valence electrons. The first kappa shape index (κ1) is 13.9. The third-order valence-corrected chi connectivity index (χ3v) is 2.78. The van der Waals surface area contributed by atoms with E-state index in [1.807, 2.05) is 12.1 Å². The zero-order valence-corrected chi connectivity index (χ0v) is 10.6. The number of likely N-dealkylation sites (N-methyl/N-ethyl adjacent to an activating group) is 1. The second kappa shape index (κ2) is 5.44. The summed E-state index contributed by atoms with van der Waals surface area (Å²) < 4.78 is 0. The minimum Gasteiger partial charge on any atom is -0.352 e. The summed E-state index contributed by atoms with van der Waals surface area (Å²) in [7, 11) is 2.09. The molecule has 2 rings (SSSR count). The van der Waals surface area contributed by atoms with Crippen molar-refractivity contribution in [3.05, 3.63) is 40.2 Å². The molecule has 0 bridgehead atoms. The summed E-state index contributed by atoms with van der Waals surface area (Å²) in [4.78, 5) is 19.1. The Morgan fingerprint density at radius 1 is 1.44 bits per heavy atom. The molecule has 1 N–H and O–H groups in total. The van der Waals surface area contributed by atoms with Crippen molar-refractivity contribution in [2.75, 3.05) is 13.6 Å². The van der Waals surface area contributed by atoms with Gasteiger partial charge in [0.1, 0.15) is 5.84 Å². The first-order valence-electron chi connectivity index (χ1n) is 5.36. The first-order chi connectivity index (χ1) is 8.34. The fourth-order valence-electron chi connectivity index (χ4n) is 1.55. The summed E-state index contributed by atoms with van der Waals surface area (Å²) in [6.45, 7) is 5.26. The summed E-state index contributed by atoms with van der Waals surface area (Å²) in [6.07, 6.45) is 3.61. The number of pyridine rings is 1. The molecular formula is C11H16N4O3. The normalized spacial score (nSPS) is 16.6. The number of hydrogen-bond donors (Lipinski definition) is 1. The van der Waals surface area contributed by atoms with E-state index in [-0.39, 0.29) is 5.54 Å². The quantitative estimate of drug-likeness (QED) is 0.599. The molecule has 0 saturated carbocycles. The van der Waals surface area contributed by atoms with Crippen molar-refractivity contribution in [3.63, 3.8) is 0 Å². The second-order valence-corrected chi connectivity index (χ2v) is 4.49. The molecule has 0 radical (unpaired) electrons. The predicted molar refractivity (Wildman–Crippen MR) is 66.3 cm³/mol. The first-order valence-corrected chi connectivity index (χ1v) is 5.36. The lowest BCUT2D eigenvalue weighted by molar-refractivity contribution is -0.742. The molecule has 1 aliphatic heterocycles. The van der Waals surface area contributed by atoms with Gasteiger partial charge >= 0.3 is 0 Å². The van der Waals surface area contributed by atoms with Crippen molar-refractivity contribution in [1.82, 2.24) is 9.88 Å². The zero-order valence-electron chi connectivity index (χ0n) is 10.6. The van der Waals surface area contributed by atoms with Crippen molar-refractivity contribution < 1.29 is 10.3 Å². The number of hydrogen-bond acceptors (Lipinski definition) is 5. The van der Waals surface area contributed by atoms with Gasteiger partial charge in [-0.2, -0.15) is 0 Å². The summed E-state index contributed by atoms with van der Waals surface area (Å²) in [5.41, 5.74) is 1.28. The topological polar surface area (TPSA) is 91.9 Å². The zero-order chi connectivity index (χ0) is 13.8. The van der Waals surface area contributed by atoms with Crippen molar-refractivity contribution in [2.24, 2.45) is 4.99 Å². The third kappa shape index (κ3) is 3.41. The molecule has 0 fully saturated rings. The number of nitrogens with zero attached hydrogens (tertiary/aromatic N) is 4. The van der Waals surface area contributed by atoms with Gasteiger partial charge in [-0.1, -0.05) is 0 Å². The molecular weight excluding hydrogens is 236 g/mol. The highest BCUT2D eigenvalue weighted by Crippen LogP contribution is 2.22. The Hall–Kier alpha value is -2.18. The highest BCUT2D eigenvalue weighted by Gasteiger charge is 2.31. The highest BCUT2D eigenvalue weighted by molar-refractivity contribution is 6.00. The second-order valence-electron chi connectivity index (χ2n) is 4.49. The molecule has 0 aliphatic carbocycles. The van der Waals surface area contributed by atoms with Crippen LogP contribution in [0.15, 0.2) is 29.5 Å². The third-order valence-electron chi connectivity index (χ3n) is 2.78. The maximum Gasteiger partial charge on any atom is 0.291 e. The molecule has 0 atom stereocenters. The van der Waals surface area contributed by atoms with Crippen LogP contribution in [0.2, 0.25) is 0 Å². The standard InChI is InChI=1S/C11H15N3.HNO3/c1-11(2)8-13-10(14(11)3)9-4-6-12-7-5-9;2-1(3)4/h4-7H,8H2,1-3H3;(H,2,3,4). The van der Waals surface area contributed by atoms with Crippen LogP contribution in [0.3, 0.4) is 0 Å². The summed E-state index contributed by atoms with van der Waals surface area (Å²) >= 11 is 0. The Balaban J connectivity index is 0.000000357. The Morgan fingerprint density at radius 2 is 1.94 bits per heavy atom. The highest BCUT2D eigenvalue weighted by atomic mass is 16.9. The lowest BCUT2D eigenvalue weighted by Crippen LogP contribution is -2.41. The minimum absolute atomic E-state index is 0.138. The van der Waals surface area contributed by atoms with E-state index in [9.17, 15) is 0 Å². The average molecular weight is 252 g/mol. The Morgan fingerprint density at radius 3 is 2.33 bits per heavy atom. The maximum atomic E-state index is 8.36. The van der Waals surface area contributed by atoms with Crippen molar-refractivity contribution in [3.8, 4) is 0 Å². The van der Waals surface area contributed by atoms with Crippen LogP contribution in [-0.2, 0) is 0 Å². The molecule has 0 aromatic carbocycles. The van der Waals surface area contributed by atoms with Gasteiger partial charge in [-0.3, -0.25) is 9.98 Å². The smallest absolute Gasteiger partial charge is 0.291 e. The molecule has 1 aliphatic rings. The molecule has 0 amide bonds. The number of amidine groups is 1. The van der Waals surface area contributed by atoms with E-state index in [4.69, 9.17) is 15.3 Å². The van der Waals surface area contributed by atoms with E-state index < -0.39 is 5.09 Å². The van der Waals surface area contributed by atoms with E-state index in [0.717, 1.165) is 17.9 Å². The van der Waals surface area contributed by atoms with E-state index >= 15 is 0 Å². The van der Waals surface area contributed by atoms with Gasteiger partial charge in [-0.15, -0.1) is 10.1 Å². The van der Waals surface area contributed by atoms with Crippen LogP contribution in [0, 0.1) is 10.1 Å². The van der Waals surface area contributed by atoms with Crippen LogP contribution < -0.4 is 0 Å². The average Bonchev–Trinajstić information content (AvgIpc) is 2.55. The molecule has 1 aromatic rings. The van der Waals surface area contributed by atoms with Crippen LogP contribution in [0.1, 0.15) is 19.4 Å². The van der Waals surface area contributed by atoms with Gasteiger partial charge in [0.05, 0.1) is 12.1 Å². The van der Waals surface area contributed by atoms with Gasteiger partial charge in [0.2, 0.25) is 0 Å². The van der Waals surface area contributed by atoms with Crippen molar-refractivity contribution in [1.29, 1.82) is 0 Å². The molecule has 7 nitrogen and oxygen atoms in total. The van der Waals surface area contributed by atoms with E-state index in [0.29, 0.717) is 0 Å². The van der Waals surface area contributed by atoms with Gasteiger partial charge < -0.3 is 10.1 Å². The Kier molecular flexibility index (Phi) is 4.19. The molecule has 0 saturated heterocycles. The molecule has 1 aromatic heterocycles. The Bertz CT molecular complexity index is 441. The van der Waals surface area contributed by atoms with Gasteiger partial charge in [-0.25, -0.2) is 0 Å². The number of aromatic nitrogens is 1. The van der Waals surface area contributed by atoms with Crippen molar-refractivity contribution in [2.45, 2.75) is 19.4 Å². The van der Waals surface area contributed by atoms with E-state index in [2.05, 4.69) is 35.8 Å².